The van der Waals surface area contributed by atoms with Crippen LogP contribution >= 0.6 is 15.6 Å². The molecule has 0 saturated heterocycles. The van der Waals surface area contributed by atoms with Crippen LogP contribution in [0.2, 0.25) is 0 Å². The standard InChI is InChI=1S/C68H132O17P2/c1-9-61(8)47-39-31-25-27-35-43-51-68(73)85-64(54-78-65(70)48-40-32-22-18-14-12-10-11-13-16-20-28-36-44-58(2)3)57-83-87(76,77)81-53-62(69)52-80-86(74,75)82-56-63(55-79-66(71)49-41-33-26-24-30-38-46-60(6)7)84-67(72)50-42-34-23-19-15-17-21-29-37-45-59(4)5/h58-64,69H,9-57H2,1-8H3,(H,74,75)(H,76,77)/t61?,62-,63+,64+/m0/s1. The van der Waals surface area contributed by atoms with Crippen molar-refractivity contribution < 1.29 is 80.2 Å². The lowest BCUT2D eigenvalue weighted by Crippen LogP contribution is -2.30. The minimum atomic E-state index is -4.95. The summed E-state index contributed by atoms with van der Waals surface area (Å²) in [5, 5.41) is 10.6. The summed E-state index contributed by atoms with van der Waals surface area (Å²) < 4.78 is 68.1. The molecule has 0 rings (SSSR count). The van der Waals surface area contributed by atoms with E-state index in [2.05, 4.69) is 55.4 Å². The van der Waals surface area contributed by atoms with Gasteiger partial charge in [0.05, 0.1) is 26.4 Å². The van der Waals surface area contributed by atoms with Gasteiger partial charge in [-0.15, -0.1) is 0 Å². The first-order chi connectivity index (χ1) is 41.6. The van der Waals surface area contributed by atoms with Crippen molar-refractivity contribution in [1.82, 2.24) is 0 Å². The fourth-order valence-electron chi connectivity index (χ4n) is 10.1. The van der Waals surface area contributed by atoms with Gasteiger partial charge in [-0.05, 0) is 49.4 Å². The van der Waals surface area contributed by atoms with Crippen molar-refractivity contribution >= 4 is 39.5 Å². The molecule has 0 aromatic heterocycles. The lowest BCUT2D eigenvalue weighted by Gasteiger charge is -2.21. The van der Waals surface area contributed by atoms with Gasteiger partial charge < -0.3 is 33.8 Å². The van der Waals surface area contributed by atoms with Crippen LogP contribution in [0.15, 0.2) is 0 Å². The van der Waals surface area contributed by atoms with Crippen LogP contribution in [0.1, 0.15) is 331 Å². The van der Waals surface area contributed by atoms with E-state index >= 15 is 0 Å². The van der Waals surface area contributed by atoms with E-state index in [1.54, 1.807) is 0 Å². The molecule has 19 heteroatoms. The molecule has 3 unspecified atom stereocenters. The first kappa shape index (κ1) is 85.1. The summed E-state index contributed by atoms with van der Waals surface area (Å²) in [4.78, 5) is 72.4. The molecule has 516 valence electrons. The SMILES string of the molecule is CCC(C)CCCCCCCCC(=O)O[C@H](COC(=O)CCCCCCCCCCCCCCCC(C)C)COP(=O)(O)OC[C@@H](O)COP(=O)(O)OC[C@@H](COC(=O)CCCCCCCCC(C)C)OC(=O)CCCCCCCCCCCC(C)C. The molecule has 0 aliphatic rings. The van der Waals surface area contributed by atoms with Gasteiger partial charge in [0, 0.05) is 25.7 Å². The average molecular weight is 1280 g/mol. The third-order valence-corrected chi connectivity index (χ3v) is 17.8. The van der Waals surface area contributed by atoms with Crippen LogP contribution in [0.4, 0.5) is 0 Å². The van der Waals surface area contributed by atoms with Crippen molar-refractivity contribution in [2.45, 2.75) is 350 Å². The van der Waals surface area contributed by atoms with E-state index in [4.69, 9.17) is 37.0 Å². The fraction of sp³-hybridized carbons (Fsp3) is 0.941. The second-order valence-electron chi connectivity index (χ2n) is 26.2. The largest absolute Gasteiger partial charge is 0.472 e. The van der Waals surface area contributed by atoms with Crippen LogP contribution in [0, 0.1) is 23.7 Å². The molecule has 0 radical (unpaired) electrons. The molecule has 0 fully saturated rings. The second-order valence-corrected chi connectivity index (χ2v) is 29.1. The number of phosphoric acid groups is 2. The van der Waals surface area contributed by atoms with Crippen molar-refractivity contribution in [1.29, 1.82) is 0 Å². The number of hydrogen-bond acceptors (Lipinski definition) is 15. The van der Waals surface area contributed by atoms with Crippen molar-refractivity contribution in [2.75, 3.05) is 39.6 Å². The van der Waals surface area contributed by atoms with Crippen molar-refractivity contribution in [3.8, 4) is 0 Å². The van der Waals surface area contributed by atoms with Crippen LogP contribution in [0.3, 0.4) is 0 Å². The molecular formula is C68H132O17P2. The number of carbonyl (C=O) groups excluding carboxylic acids is 4. The van der Waals surface area contributed by atoms with Crippen molar-refractivity contribution in [3.05, 3.63) is 0 Å². The minimum Gasteiger partial charge on any atom is -0.462 e. The molecule has 87 heavy (non-hydrogen) atoms. The van der Waals surface area contributed by atoms with Gasteiger partial charge in [-0.25, -0.2) is 9.13 Å². The summed E-state index contributed by atoms with van der Waals surface area (Å²) in [5.41, 5.74) is 0. The Morgan fingerprint density at radius 3 is 0.816 bits per heavy atom. The van der Waals surface area contributed by atoms with Gasteiger partial charge in [0.15, 0.2) is 12.2 Å². The van der Waals surface area contributed by atoms with Gasteiger partial charge in [0.1, 0.15) is 19.3 Å². The highest BCUT2D eigenvalue weighted by molar-refractivity contribution is 7.47. The highest BCUT2D eigenvalue weighted by Gasteiger charge is 2.30. The van der Waals surface area contributed by atoms with Gasteiger partial charge in [-0.1, -0.05) is 280 Å². The lowest BCUT2D eigenvalue weighted by atomic mass is 10.00. The number of unbranched alkanes of at least 4 members (excludes halogenated alkanes) is 30. The third kappa shape index (κ3) is 61.3. The van der Waals surface area contributed by atoms with Crippen LogP contribution < -0.4 is 0 Å². The Morgan fingerprint density at radius 1 is 0.322 bits per heavy atom. The predicted molar refractivity (Wildman–Crippen MR) is 349 cm³/mol. The summed E-state index contributed by atoms with van der Waals surface area (Å²) >= 11 is 0. The number of aliphatic hydroxyl groups excluding tert-OH is 1. The third-order valence-electron chi connectivity index (χ3n) is 15.9. The Bertz CT molecular complexity index is 1730. The molecule has 0 amide bonds. The number of aliphatic hydroxyl groups is 1. The summed E-state index contributed by atoms with van der Waals surface area (Å²) in [6.45, 7) is 14.0. The molecule has 6 atom stereocenters. The quantitative estimate of drug-likeness (QED) is 0.0222. The fourth-order valence-corrected chi connectivity index (χ4v) is 11.7. The predicted octanol–water partition coefficient (Wildman–Crippen LogP) is 18.9. The van der Waals surface area contributed by atoms with E-state index in [0.717, 1.165) is 114 Å². The van der Waals surface area contributed by atoms with Crippen LogP contribution in [-0.2, 0) is 65.4 Å². The second kappa shape index (κ2) is 57.9. The summed E-state index contributed by atoms with van der Waals surface area (Å²) in [6, 6.07) is 0. The molecule has 3 N–H and O–H groups in total. The first-order valence-electron chi connectivity index (χ1n) is 35.2. The summed E-state index contributed by atoms with van der Waals surface area (Å²) in [7, 11) is -9.90. The van der Waals surface area contributed by atoms with Crippen LogP contribution in [0.5, 0.6) is 0 Å². The molecule has 0 bridgehead atoms. The van der Waals surface area contributed by atoms with Gasteiger partial charge in [-0.2, -0.15) is 0 Å². The van der Waals surface area contributed by atoms with E-state index in [1.807, 2.05) is 0 Å². The summed E-state index contributed by atoms with van der Waals surface area (Å²) in [5.74, 6) is 0.790. The Morgan fingerprint density at radius 2 is 0.552 bits per heavy atom. The molecule has 0 aliphatic carbocycles. The normalized spacial score (nSPS) is 14.6. The molecule has 0 aliphatic heterocycles. The van der Waals surface area contributed by atoms with Gasteiger partial charge in [0.2, 0.25) is 0 Å². The monoisotopic (exact) mass is 1280 g/mol. The average Bonchev–Trinajstić information content (AvgIpc) is 3.50. The smallest absolute Gasteiger partial charge is 0.462 e. The van der Waals surface area contributed by atoms with Crippen molar-refractivity contribution in [3.63, 3.8) is 0 Å². The first-order valence-corrected chi connectivity index (χ1v) is 38.2. The zero-order chi connectivity index (χ0) is 64.7. The summed E-state index contributed by atoms with van der Waals surface area (Å²) in [6.07, 6.45) is 39.2. The van der Waals surface area contributed by atoms with E-state index < -0.39 is 97.5 Å². The molecule has 0 aromatic rings. The number of phosphoric ester groups is 2. The highest BCUT2D eigenvalue weighted by atomic mass is 31.2. The zero-order valence-electron chi connectivity index (χ0n) is 56.6. The topological polar surface area (TPSA) is 237 Å². The lowest BCUT2D eigenvalue weighted by molar-refractivity contribution is -0.161. The number of hydrogen-bond donors (Lipinski definition) is 3. The van der Waals surface area contributed by atoms with E-state index in [9.17, 15) is 43.2 Å². The molecular weight excluding hydrogens is 1150 g/mol. The molecule has 0 heterocycles. The van der Waals surface area contributed by atoms with Crippen molar-refractivity contribution in [2.24, 2.45) is 23.7 Å². The van der Waals surface area contributed by atoms with E-state index in [-0.39, 0.29) is 25.7 Å². The molecule has 0 aromatic carbocycles. The number of rotatable bonds is 65. The minimum absolute atomic E-state index is 0.102. The Kier molecular flexibility index (Phi) is 56.6. The maximum Gasteiger partial charge on any atom is 0.472 e. The maximum atomic E-state index is 13.0. The van der Waals surface area contributed by atoms with Crippen LogP contribution in [-0.4, -0.2) is 96.7 Å². The Balaban J connectivity index is 5.21. The molecule has 0 spiro atoms. The number of esters is 4. The van der Waals surface area contributed by atoms with Crippen LogP contribution in [0.25, 0.3) is 0 Å². The van der Waals surface area contributed by atoms with Gasteiger partial charge in [0.25, 0.3) is 0 Å². The number of carbonyl (C=O) groups is 4. The zero-order valence-corrected chi connectivity index (χ0v) is 58.4. The molecule has 0 saturated carbocycles. The maximum absolute atomic E-state index is 13.0. The molecule has 17 nitrogen and oxygen atoms in total. The van der Waals surface area contributed by atoms with Gasteiger partial charge >= 0.3 is 39.5 Å². The highest BCUT2D eigenvalue weighted by Crippen LogP contribution is 2.45. The van der Waals surface area contributed by atoms with E-state index in [1.165, 1.54) is 128 Å². The Labute approximate surface area is 530 Å². The van der Waals surface area contributed by atoms with E-state index in [0.29, 0.717) is 31.6 Å². The number of ether oxygens (including phenoxy) is 4. The van der Waals surface area contributed by atoms with Gasteiger partial charge in [-0.3, -0.25) is 37.3 Å². The Hall–Kier alpha value is -1.94.